The summed E-state index contributed by atoms with van der Waals surface area (Å²) in [6.07, 6.45) is 0. The molecular formula is C17H18ClFN2. The first-order valence-corrected chi connectivity index (χ1v) is 7.56. The van der Waals surface area contributed by atoms with Crippen molar-refractivity contribution in [3.05, 3.63) is 64.9 Å². The molecule has 3 rings (SSSR count). The molecule has 0 aliphatic carbocycles. The summed E-state index contributed by atoms with van der Waals surface area (Å²) in [7, 11) is 0. The summed E-state index contributed by atoms with van der Waals surface area (Å²) in [4.78, 5) is 4.66. The molecule has 1 aliphatic rings. The highest BCUT2D eigenvalue weighted by Gasteiger charge is 2.19. The summed E-state index contributed by atoms with van der Waals surface area (Å²) in [5.41, 5.74) is 2.27. The van der Waals surface area contributed by atoms with Gasteiger partial charge in [-0.25, -0.2) is 4.39 Å². The van der Waals surface area contributed by atoms with Gasteiger partial charge in [-0.3, -0.25) is 4.90 Å². The maximum Gasteiger partial charge on any atom is 0.124 e. The van der Waals surface area contributed by atoms with Crippen molar-refractivity contribution in [2.45, 2.75) is 6.54 Å². The standard InChI is InChI=1S/C17H18ClFN2/c18-16-12-15(19)6-7-17(16)21-10-8-20(9-11-21)13-14-4-2-1-3-5-14/h1-7,12H,8-11,13H2. The highest BCUT2D eigenvalue weighted by atomic mass is 35.5. The summed E-state index contributed by atoms with van der Waals surface area (Å²) in [6, 6.07) is 15.1. The highest BCUT2D eigenvalue weighted by Crippen LogP contribution is 2.27. The molecule has 0 N–H and O–H groups in total. The molecule has 1 heterocycles. The minimum absolute atomic E-state index is 0.286. The SMILES string of the molecule is Fc1ccc(N2CCN(Cc3ccccc3)CC2)c(Cl)c1. The van der Waals surface area contributed by atoms with Gasteiger partial charge in [0.2, 0.25) is 0 Å². The summed E-state index contributed by atoms with van der Waals surface area (Å²) in [6.45, 7) is 4.79. The predicted molar refractivity (Wildman–Crippen MR) is 85.3 cm³/mol. The third-order valence-corrected chi connectivity index (χ3v) is 4.17. The van der Waals surface area contributed by atoms with Crippen molar-refractivity contribution in [1.29, 1.82) is 0 Å². The van der Waals surface area contributed by atoms with Crippen LogP contribution in [0.4, 0.5) is 10.1 Å². The van der Waals surface area contributed by atoms with Crippen LogP contribution in [0.5, 0.6) is 0 Å². The fraction of sp³-hybridized carbons (Fsp3) is 0.294. The van der Waals surface area contributed by atoms with Gasteiger partial charge < -0.3 is 4.90 Å². The third-order valence-electron chi connectivity index (χ3n) is 3.87. The van der Waals surface area contributed by atoms with Crippen LogP contribution in [0.1, 0.15) is 5.56 Å². The van der Waals surface area contributed by atoms with E-state index in [1.807, 2.05) is 6.07 Å². The Morgan fingerprint density at radius 2 is 1.67 bits per heavy atom. The van der Waals surface area contributed by atoms with Crippen LogP contribution in [0.15, 0.2) is 48.5 Å². The van der Waals surface area contributed by atoms with E-state index in [2.05, 4.69) is 34.1 Å². The van der Waals surface area contributed by atoms with E-state index < -0.39 is 0 Å². The molecule has 0 aromatic heterocycles. The minimum Gasteiger partial charge on any atom is -0.368 e. The van der Waals surface area contributed by atoms with Gasteiger partial charge in [0.25, 0.3) is 0 Å². The second-order valence-corrected chi connectivity index (χ2v) is 5.75. The molecule has 21 heavy (non-hydrogen) atoms. The first-order chi connectivity index (χ1) is 10.2. The molecule has 4 heteroatoms. The molecule has 1 saturated heterocycles. The van der Waals surface area contributed by atoms with Crippen LogP contribution in [0, 0.1) is 5.82 Å². The summed E-state index contributed by atoms with van der Waals surface area (Å²) in [5.74, 6) is -0.286. The first kappa shape index (κ1) is 14.4. The number of anilines is 1. The molecule has 0 saturated carbocycles. The Kier molecular flexibility index (Phi) is 4.42. The van der Waals surface area contributed by atoms with Crippen LogP contribution in [0.25, 0.3) is 0 Å². The molecule has 0 unspecified atom stereocenters. The quantitative estimate of drug-likeness (QED) is 0.851. The van der Waals surface area contributed by atoms with E-state index in [1.54, 1.807) is 6.07 Å². The van der Waals surface area contributed by atoms with E-state index in [9.17, 15) is 4.39 Å². The normalized spacial score (nSPS) is 16.2. The molecule has 1 aliphatic heterocycles. The average molecular weight is 305 g/mol. The number of benzene rings is 2. The zero-order valence-electron chi connectivity index (χ0n) is 11.8. The lowest BCUT2D eigenvalue weighted by atomic mass is 10.2. The van der Waals surface area contributed by atoms with Gasteiger partial charge in [0.1, 0.15) is 5.82 Å². The molecule has 110 valence electrons. The number of rotatable bonds is 3. The second-order valence-electron chi connectivity index (χ2n) is 5.34. The van der Waals surface area contributed by atoms with Crippen molar-refractivity contribution in [3.8, 4) is 0 Å². The van der Waals surface area contributed by atoms with Crippen LogP contribution < -0.4 is 4.90 Å². The lowest BCUT2D eigenvalue weighted by Crippen LogP contribution is -2.46. The number of nitrogens with zero attached hydrogens (tertiary/aromatic N) is 2. The van der Waals surface area contributed by atoms with Gasteiger partial charge in [-0.2, -0.15) is 0 Å². The summed E-state index contributed by atoms with van der Waals surface area (Å²) < 4.78 is 13.1. The van der Waals surface area contributed by atoms with Crippen molar-refractivity contribution in [2.24, 2.45) is 0 Å². The Bertz CT molecular complexity index is 595. The van der Waals surface area contributed by atoms with E-state index >= 15 is 0 Å². The van der Waals surface area contributed by atoms with E-state index in [1.165, 1.54) is 17.7 Å². The van der Waals surface area contributed by atoms with Gasteiger partial charge in [-0.1, -0.05) is 41.9 Å². The highest BCUT2D eigenvalue weighted by molar-refractivity contribution is 6.33. The number of hydrogen-bond donors (Lipinski definition) is 0. The van der Waals surface area contributed by atoms with E-state index in [0.29, 0.717) is 5.02 Å². The molecule has 0 bridgehead atoms. The maximum absolute atomic E-state index is 13.1. The predicted octanol–water partition coefficient (Wildman–Crippen LogP) is 3.80. The summed E-state index contributed by atoms with van der Waals surface area (Å²) in [5, 5.41) is 0.492. The van der Waals surface area contributed by atoms with Crippen LogP contribution in [-0.2, 0) is 6.54 Å². The first-order valence-electron chi connectivity index (χ1n) is 7.18. The lowest BCUT2D eigenvalue weighted by Gasteiger charge is -2.36. The Hall–Kier alpha value is -1.58. The third kappa shape index (κ3) is 3.55. The smallest absolute Gasteiger partial charge is 0.124 e. The zero-order chi connectivity index (χ0) is 14.7. The molecule has 2 nitrogen and oxygen atoms in total. The van der Waals surface area contributed by atoms with Gasteiger partial charge in [0.05, 0.1) is 10.7 Å². The van der Waals surface area contributed by atoms with Gasteiger partial charge >= 0.3 is 0 Å². The molecule has 0 radical (unpaired) electrons. The van der Waals surface area contributed by atoms with Gasteiger partial charge in [0, 0.05) is 32.7 Å². The molecule has 2 aromatic rings. The summed E-state index contributed by atoms with van der Waals surface area (Å²) >= 11 is 6.13. The van der Waals surface area contributed by atoms with Gasteiger partial charge in [-0.05, 0) is 23.8 Å². The molecule has 0 amide bonds. The largest absolute Gasteiger partial charge is 0.368 e. The topological polar surface area (TPSA) is 6.48 Å². The van der Waals surface area contributed by atoms with Crippen molar-refractivity contribution in [1.82, 2.24) is 4.90 Å². The minimum atomic E-state index is -0.286. The van der Waals surface area contributed by atoms with Crippen molar-refractivity contribution in [3.63, 3.8) is 0 Å². The van der Waals surface area contributed by atoms with Crippen molar-refractivity contribution >= 4 is 17.3 Å². The molecule has 0 spiro atoms. The average Bonchev–Trinajstić information content (AvgIpc) is 2.49. The fourth-order valence-electron chi connectivity index (χ4n) is 2.73. The molecule has 0 atom stereocenters. The molecular weight excluding hydrogens is 287 g/mol. The lowest BCUT2D eigenvalue weighted by molar-refractivity contribution is 0.250. The van der Waals surface area contributed by atoms with Gasteiger partial charge in [0.15, 0.2) is 0 Å². The van der Waals surface area contributed by atoms with E-state index in [0.717, 1.165) is 38.4 Å². The van der Waals surface area contributed by atoms with Gasteiger partial charge in [-0.15, -0.1) is 0 Å². The fourth-order valence-corrected chi connectivity index (χ4v) is 3.01. The Morgan fingerprint density at radius 1 is 0.952 bits per heavy atom. The van der Waals surface area contributed by atoms with Crippen LogP contribution in [-0.4, -0.2) is 31.1 Å². The van der Waals surface area contributed by atoms with Crippen LogP contribution >= 0.6 is 11.6 Å². The van der Waals surface area contributed by atoms with E-state index in [-0.39, 0.29) is 5.82 Å². The zero-order valence-corrected chi connectivity index (χ0v) is 12.6. The van der Waals surface area contributed by atoms with Crippen molar-refractivity contribution in [2.75, 3.05) is 31.1 Å². The van der Waals surface area contributed by atoms with Crippen molar-refractivity contribution < 1.29 is 4.39 Å². The van der Waals surface area contributed by atoms with Crippen LogP contribution in [0.3, 0.4) is 0 Å². The maximum atomic E-state index is 13.1. The number of hydrogen-bond acceptors (Lipinski definition) is 2. The molecule has 2 aromatic carbocycles. The Morgan fingerprint density at radius 3 is 2.33 bits per heavy atom. The number of halogens is 2. The number of piperazine rings is 1. The Labute approximate surface area is 129 Å². The monoisotopic (exact) mass is 304 g/mol. The Balaban J connectivity index is 1.60. The second kappa shape index (κ2) is 6.46. The molecule has 1 fully saturated rings. The van der Waals surface area contributed by atoms with E-state index in [4.69, 9.17) is 11.6 Å². The van der Waals surface area contributed by atoms with Crippen LogP contribution in [0.2, 0.25) is 5.02 Å².